The lowest BCUT2D eigenvalue weighted by molar-refractivity contribution is 0.0757. The van der Waals surface area contributed by atoms with Gasteiger partial charge < -0.3 is 26.0 Å². The molecule has 3 aromatic rings. The second kappa shape index (κ2) is 10.9. The molecule has 184 valence electrons. The summed E-state index contributed by atoms with van der Waals surface area (Å²) in [5.41, 5.74) is 10.1. The summed E-state index contributed by atoms with van der Waals surface area (Å²) in [7, 11) is 0. The number of anilines is 2. The number of nitrogens with zero attached hydrogens (tertiary/aromatic N) is 3. The van der Waals surface area contributed by atoms with E-state index < -0.39 is 0 Å². The van der Waals surface area contributed by atoms with Gasteiger partial charge in [-0.05, 0) is 61.6 Å². The first-order valence-corrected chi connectivity index (χ1v) is 12.3. The van der Waals surface area contributed by atoms with Gasteiger partial charge in [0.2, 0.25) is 0 Å². The number of hydrogen-bond acceptors (Lipinski definition) is 8. The highest BCUT2D eigenvalue weighted by atomic mass is 32.1. The van der Waals surface area contributed by atoms with Gasteiger partial charge in [-0.3, -0.25) is 9.59 Å². The number of carbonyl (C=O) groups is 2. The van der Waals surface area contributed by atoms with Gasteiger partial charge in [-0.1, -0.05) is 28.8 Å². The molecule has 0 saturated carbocycles. The molecule has 0 radical (unpaired) electrons. The molecule has 2 unspecified atom stereocenters. The van der Waals surface area contributed by atoms with Crippen LogP contribution in [0.4, 0.5) is 11.4 Å². The van der Waals surface area contributed by atoms with Crippen molar-refractivity contribution in [3.63, 3.8) is 0 Å². The molecule has 0 bridgehead atoms. The molecular weight excluding hydrogens is 464 g/mol. The Balaban J connectivity index is 1.61. The molecule has 2 amide bonds. The third kappa shape index (κ3) is 5.67. The number of hydrogen-bond donors (Lipinski definition) is 3. The average Bonchev–Trinajstić information content (AvgIpc) is 3.29. The van der Waals surface area contributed by atoms with Crippen molar-refractivity contribution in [1.82, 2.24) is 14.9 Å². The van der Waals surface area contributed by atoms with Crippen LogP contribution in [0, 0.1) is 6.92 Å². The van der Waals surface area contributed by atoms with Gasteiger partial charge in [0.05, 0.1) is 30.3 Å². The van der Waals surface area contributed by atoms with Gasteiger partial charge in [-0.15, -0.1) is 5.10 Å². The molecule has 0 spiro atoms. The standard InChI is InChI=1S/C25H30N6O3S/c1-15-13-34-14-16(2)31(15)22-8-7-20(10-21(22)28-25(33)23-17(3)29-30-35-23)24(32)27-12-19-6-4-5-18(9-19)11-26/h4-10,15-16H,11-14,26H2,1-3H3,(H,27,32)(H,28,33). The molecule has 1 saturated heterocycles. The molecule has 2 atom stereocenters. The Morgan fingerprint density at radius 3 is 2.54 bits per heavy atom. The summed E-state index contributed by atoms with van der Waals surface area (Å²) < 4.78 is 9.54. The molecule has 0 aliphatic carbocycles. The Hall–Kier alpha value is -3.34. The molecule has 1 aromatic heterocycles. The summed E-state index contributed by atoms with van der Waals surface area (Å²) in [6, 6.07) is 13.4. The van der Waals surface area contributed by atoms with E-state index in [1.54, 1.807) is 19.1 Å². The van der Waals surface area contributed by atoms with Gasteiger partial charge in [0.25, 0.3) is 11.8 Å². The topological polar surface area (TPSA) is 122 Å². The third-order valence-electron chi connectivity index (χ3n) is 5.99. The van der Waals surface area contributed by atoms with E-state index in [4.69, 9.17) is 10.5 Å². The minimum Gasteiger partial charge on any atom is -0.377 e. The van der Waals surface area contributed by atoms with Crippen LogP contribution in [0.2, 0.25) is 0 Å². The van der Waals surface area contributed by atoms with Gasteiger partial charge in [0.15, 0.2) is 0 Å². The van der Waals surface area contributed by atoms with Crippen LogP contribution >= 0.6 is 11.5 Å². The lowest BCUT2D eigenvalue weighted by atomic mass is 10.1. The largest absolute Gasteiger partial charge is 0.377 e. The second-order valence-corrected chi connectivity index (χ2v) is 9.48. The molecule has 4 N–H and O–H groups in total. The molecule has 35 heavy (non-hydrogen) atoms. The zero-order valence-electron chi connectivity index (χ0n) is 20.1. The Labute approximate surface area is 208 Å². The first-order valence-electron chi connectivity index (χ1n) is 11.5. The van der Waals surface area contributed by atoms with Crippen LogP contribution in [-0.4, -0.2) is 46.7 Å². The molecule has 2 aromatic carbocycles. The second-order valence-electron chi connectivity index (χ2n) is 8.72. The SMILES string of the molecule is Cc1nnsc1C(=O)Nc1cc(C(=O)NCc2cccc(CN)c2)ccc1N1C(C)COCC1C. The number of carbonyl (C=O) groups excluding carboxylic acids is 2. The van der Waals surface area contributed by atoms with Gasteiger partial charge in [0, 0.05) is 30.7 Å². The number of aromatic nitrogens is 2. The van der Waals surface area contributed by atoms with Crippen molar-refractivity contribution in [2.45, 2.75) is 45.9 Å². The lowest BCUT2D eigenvalue weighted by Crippen LogP contribution is -2.50. The van der Waals surface area contributed by atoms with E-state index in [-0.39, 0.29) is 23.9 Å². The number of ether oxygens (including phenoxy) is 1. The summed E-state index contributed by atoms with van der Waals surface area (Å²) in [4.78, 5) is 28.7. The number of aryl methyl sites for hydroxylation is 1. The van der Waals surface area contributed by atoms with E-state index in [0.717, 1.165) is 28.3 Å². The maximum atomic E-state index is 13.0. The predicted octanol–water partition coefficient (Wildman–Crippen LogP) is 3.10. The fourth-order valence-corrected chi connectivity index (χ4v) is 4.80. The summed E-state index contributed by atoms with van der Waals surface area (Å²) in [5, 5.41) is 9.88. The van der Waals surface area contributed by atoms with Crippen molar-refractivity contribution in [3.8, 4) is 0 Å². The van der Waals surface area contributed by atoms with Crippen LogP contribution in [0.25, 0.3) is 0 Å². The fourth-order valence-electron chi connectivity index (χ4n) is 4.25. The molecule has 1 fully saturated rings. The first-order chi connectivity index (χ1) is 16.9. The number of amides is 2. The molecule has 4 rings (SSSR count). The Morgan fingerprint density at radius 1 is 1.11 bits per heavy atom. The molecule has 10 heteroatoms. The minimum atomic E-state index is -0.302. The van der Waals surface area contributed by atoms with Crippen LogP contribution in [0.3, 0.4) is 0 Å². The number of morpholine rings is 1. The molecular formula is C25H30N6O3S. The number of nitrogens with one attached hydrogen (secondary N) is 2. The van der Waals surface area contributed by atoms with Crippen molar-refractivity contribution < 1.29 is 14.3 Å². The lowest BCUT2D eigenvalue weighted by Gasteiger charge is -2.41. The molecule has 1 aliphatic rings. The predicted molar refractivity (Wildman–Crippen MR) is 137 cm³/mol. The van der Waals surface area contributed by atoms with E-state index in [1.165, 1.54) is 0 Å². The number of nitrogens with two attached hydrogens (primary N) is 1. The van der Waals surface area contributed by atoms with E-state index in [9.17, 15) is 9.59 Å². The van der Waals surface area contributed by atoms with E-state index in [1.807, 2.05) is 30.3 Å². The van der Waals surface area contributed by atoms with Crippen molar-refractivity contribution >= 4 is 34.7 Å². The van der Waals surface area contributed by atoms with Crippen LogP contribution in [0.15, 0.2) is 42.5 Å². The average molecular weight is 495 g/mol. The Bertz CT molecular complexity index is 1200. The van der Waals surface area contributed by atoms with Gasteiger partial charge in [0.1, 0.15) is 4.88 Å². The van der Waals surface area contributed by atoms with E-state index in [0.29, 0.717) is 48.1 Å². The summed E-state index contributed by atoms with van der Waals surface area (Å²) >= 11 is 1.04. The smallest absolute Gasteiger partial charge is 0.269 e. The molecule has 9 nitrogen and oxygen atoms in total. The van der Waals surface area contributed by atoms with Crippen LogP contribution < -0.4 is 21.3 Å². The minimum absolute atomic E-state index is 0.107. The quantitative estimate of drug-likeness (QED) is 0.461. The number of benzene rings is 2. The Morgan fingerprint density at radius 2 is 1.86 bits per heavy atom. The highest BCUT2D eigenvalue weighted by Gasteiger charge is 2.28. The first kappa shape index (κ1) is 24.8. The Kier molecular flexibility index (Phi) is 7.74. The number of rotatable bonds is 7. The maximum absolute atomic E-state index is 13.0. The molecule has 1 aliphatic heterocycles. The van der Waals surface area contributed by atoms with Crippen molar-refractivity contribution in [2.75, 3.05) is 23.4 Å². The normalized spacial score (nSPS) is 17.8. The monoisotopic (exact) mass is 494 g/mol. The maximum Gasteiger partial charge on any atom is 0.269 e. The van der Waals surface area contributed by atoms with Crippen LogP contribution in [0.5, 0.6) is 0 Å². The van der Waals surface area contributed by atoms with Gasteiger partial charge in [-0.2, -0.15) is 0 Å². The summed E-state index contributed by atoms with van der Waals surface area (Å²) in [6.45, 7) is 7.89. The van der Waals surface area contributed by atoms with E-state index >= 15 is 0 Å². The van der Waals surface area contributed by atoms with Gasteiger partial charge >= 0.3 is 0 Å². The highest BCUT2D eigenvalue weighted by Crippen LogP contribution is 2.33. The highest BCUT2D eigenvalue weighted by molar-refractivity contribution is 7.08. The fraction of sp³-hybridized carbons (Fsp3) is 0.360. The van der Waals surface area contributed by atoms with Crippen molar-refractivity contribution in [1.29, 1.82) is 0 Å². The van der Waals surface area contributed by atoms with Gasteiger partial charge in [-0.25, -0.2) is 0 Å². The zero-order chi connectivity index (χ0) is 24.9. The summed E-state index contributed by atoms with van der Waals surface area (Å²) in [6.07, 6.45) is 0. The summed E-state index contributed by atoms with van der Waals surface area (Å²) in [5.74, 6) is -0.535. The van der Waals surface area contributed by atoms with Crippen molar-refractivity contribution in [3.05, 3.63) is 69.7 Å². The molecule has 2 heterocycles. The zero-order valence-corrected chi connectivity index (χ0v) is 20.9. The third-order valence-corrected chi connectivity index (χ3v) is 6.82. The van der Waals surface area contributed by atoms with Crippen LogP contribution in [0.1, 0.15) is 50.7 Å². The van der Waals surface area contributed by atoms with Crippen molar-refractivity contribution in [2.24, 2.45) is 5.73 Å². The van der Waals surface area contributed by atoms with E-state index in [2.05, 4.69) is 39.0 Å². The van der Waals surface area contributed by atoms with Crippen LogP contribution in [-0.2, 0) is 17.8 Å².